The Hall–Kier alpha value is -1.00. The predicted molar refractivity (Wildman–Crippen MR) is 82.3 cm³/mol. The number of fused-ring (bicyclic) bond motifs is 1. The van der Waals surface area contributed by atoms with Gasteiger partial charge in [0.2, 0.25) is 0 Å². The van der Waals surface area contributed by atoms with Gasteiger partial charge in [0.25, 0.3) is 5.91 Å². The summed E-state index contributed by atoms with van der Waals surface area (Å²) in [5.74, 6) is 1.63. The Morgan fingerprint density at radius 2 is 2.10 bits per heavy atom. The van der Waals surface area contributed by atoms with E-state index in [0.29, 0.717) is 6.54 Å². The molecule has 1 aromatic rings. The molecule has 0 bridgehead atoms. The molecule has 3 rings (SSSR count). The van der Waals surface area contributed by atoms with Crippen molar-refractivity contribution in [2.75, 3.05) is 18.1 Å². The van der Waals surface area contributed by atoms with Gasteiger partial charge in [-0.3, -0.25) is 4.79 Å². The molecule has 4 heteroatoms. The monoisotopic (exact) mass is 291 g/mol. The SMILES string of the molecule is O=C(NC[C@@]1(O)CCSC1)c1ccc2c(c1)CCCC2. The lowest BCUT2D eigenvalue weighted by molar-refractivity contribution is 0.0612. The number of aryl methyl sites for hydroxylation is 2. The molecule has 0 aromatic heterocycles. The van der Waals surface area contributed by atoms with Crippen LogP contribution in [0.15, 0.2) is 18.2 Å². The minimum atomic E-state index is -0.714. The zero-order valence-corrected chi connectivity index (χ0v) is 12.5. The number of amides is 1. The van der Waals surface area contributed by atoms with Gasteiger partial charge in [0.1, 0.15) is 0 Å². The quantitative estimate of drug-likeness (QED) is 0.897. The van der Waals surface area contributed by atoms with Gasteiger partial charge in [-0.1, -0.05) is 6.07 Å². The second-order valence-electron chi connectivity index (χ2n) is 5.90. The smallest absolute Gasteiger partial charge is 0.251 e. The number of aliphatic hydroxyl groups is 1. The number of nitrogens with one attached hydrogen (secondary N) is 1. The summed E-state index contributed by atoms with van der Waals surface area (Å²) in [6.07, 6.45) is 5.45. The molecule has 1 aliphatic carbocycles. The van der Waals surface area contributed by atoms with E-state index >= 15 is 0 Å². The maximum atomic E-state index is 12.2. The molecule has 1 saturated heterocycles. The molecular formula is C16H21NO2S. The lowest BCUT2D eigenvalue weighted by Crippen LogP contribution is -2.43. The minimum absolute atomic E-state index is 0.0660. The summed E-state index contributed by atoms with van der Waals surface area (Å²) in [5.41, 5.74) is 2.71. The highest BCUT2D eigenvalue weighted by molar-refractivity contribution is 7.99. The van der Waals surface area contributed by atoms with E-state index in [1.165, 1.54) is 24.0 Å². The predicted octanol–water partition coefficient (Wildman–Crippen LogP) is 2.16. The van der Waals surface area contributed by atoms with Crippen LogP contribution in [-0.2, 0) is 12.8 Å². The van der Waals surface area contributed by atoms with Crippen molar-refractivity contribution in [3.05, 3.63) is 34.9 Å². The van der Waals surface area contributed by atoms with Gasteiger partial charge in [-0.25, -0.2) is 0 Å². The van der Waals surface area contributed by atoms with Crippen molar-refractivity contribution in [3.8, 4) is 0 Å². The molecule has 0 radical (unpaired) electrons. The summed E-state index contributed by atoms with van der Waals surface area (Å²) < 4.78 is 0. The fourth-order valence-electron chi connectivity index (χ4n) is 2.96. The highest BCUT2D eigenvalue weighted by Gasteiger charge is 2.32. The Kier molecular flexibility index (Phi) is 4.03. The summed E-state index contributed by atoms with van der Waals surface area (Å²) in [6, 6.07) is 6.02. The first kappa shape index (κ1) is 14.0. The second kappa shape index (κ2) is 5.78. The lowest BCUT2D eigenvalue weighted by Gasteiger charge is -2.22. The highest BCUT2D eigenvalue weighted by Crippen LogP contribution is 2.27. The topological polar surface area (TPSA) is 49.3 Å². The van der Waals surface area contributed by atoms with E-state index in [-0.39, 0.29) is 5.91 Å². The molecule has 0 saturated carbocycles. The van der Waals surface area contributed by atoms with Crippen molar-refractivity contribution in [1.29, 1.82) is 0 Å². The summed E-state index contributed by atoms with van der Waals surface area (Å²) in [7, 11) is 0. The van der Waals surface area contributed by atoms with Gasteiger partial charge in [0.05, 0.1) is 5.60 Å². The zero-order chi connectivity index (χ0) is 14.0. The Balaban J connectivity index is 1.65. The van der Waals surface area contributed by atoms with Crippen molar-refractivity contribution >= 4 is 17.7 Å². The van der Waals surface area contributed by atoms with Crippen molar-refractivity contribution in [2.45, 2.75) is 37.7 Å². The number of hydrogen-bond donors (Lipinski definition) is 2. The molecule has 1 fully saturated rings. The molecule has 2 aliphatic rings. The summed E-state index contributed by atoms with van der Waals surface area (Å²) in [5, 5.41) is 13.1. The molecule has 0 unspecified atom stereocenters. The van der Waals surface area contributed by atoms with Crippen LogP contribution in [0.3, 0.4) is 0 Å². The van der Waals surface area contributed by atoms with Crippen LogP contribution >= 0.6 is 11.8 Å². The van der Waals surface area contributed by atoms with Gasteiger partial charge in [0, 0.05) is 17.9 Å². The molecule has 1 amide bonds. The number of carbonyl (C=O) groups excluding carboxylic acids is 1. The van der Waals surface area contributed by atoms with Gasteiger partial charge in [-0.15, -0.1) is 0 Å². The standard InChI is InChI=1S/C16H21NO2S/c18-15(17-10-16(19)7-8-20-11-16)14-6-5-12-3-1-2-4-13(12)9-14/h5-6,9,19H,1-4,7-8,10-11H2,(H,17,18)/t16-/m0/s1. The van der Waals surface area contributed by atoms with Crippen molar-refractivity contribution in [1.82, 2.24) is 5.32 Å². The normalized spacial score (nSPS) is 25.2. The number of hydrogen-bond acceptors (Lipinski definition) is 3. The van der Waals surface area contributed by atoms with Crippen LogP contribution in [0.1, 0.15) is 40.7 Å². The first-order valence-corrected chi connectivity index (χ1v) is 8.52. The van der Waals surface area contributed by atoms with E-state index < -0.39 is 5.60 Å². The average Bonchev–Trinajstić information content (AvgIpc) is 2.91. The molecule has 2 N–H and O–H groups in total. The molecule has 108 valence electrons. The van der Waals surface area contributed by atoms with E-state index in [2.05, 4.69) is 11.4 Å². The Morgan fingerprint density at radius 1 is 1.30 bits per heavy atom. The molecule has 1 aromatic carbocycles. The molecule has 1 aliphatic heterocycles. The van der Waals surface area contributed by atoms with Crippen molar-refractivity contribution in [2.24, 2.45) is 0 Å². The maximum Gasteiger partial charge on any atom is 0.251 e. The summed E-state index contributed by atoms with van der Waals surface area (Å²) in [4.78, 5) is 12.2. The van der Waals surface area contributed by atoms with E-state index in [1.54, 1.807) is 11.8 Å². The second-order valence-corrected chi connectivity index (χ2v) is 7.01. The van der Waals surface area contributed by atoms with Crippen LogP contribution in [-0.4, -0.2) is 34.7 Å². The van der Waals surface area contributed by atoms with Crippen LogP contribution in [0.4, 0.5) is 0 Å². The minimum Gasteiger partial charge on any atom is -0.387 e. The largest absolute Gasteiger partial charge is 0.387 e. The maximum absolute atomic E-state index is 12.2. The average molecular weight is 291 g/mol. The molecular weight excluding hydrogens is 270 g/mol. The van der Waals surface area contributed by atoms with Crippen LogP contribution in [0.2, 0.25) is 0 Å². The van der Waals surface area contributed by atoms with E-state index in [4.69, 9.17) is 0 Å². The molecule has 1 atom stereocenters. The Bertz CT molecular complexity index is 509. The van der Waals surface area contributed by atoms with Crippen LogP contribution in [0.5, 0.6) is 0 Å². The van der Waals surface area contributed by atoms with E-state index in [1.807, 2.05) is 12.1 Å². The highest BCUT2D eigenvalue weighted by atomic mass is 32.2. The Morgan fingerprint density at radius 3 is 2.85 bits per heavy atom. The van der Waals surface area contributed by atoms with Gasteiger partial charge in [0.15, 0.2) is 0 Å². The van der Waals surface area contributed by atoms with Crippen LogP contribution < -0.4 is 5.32 Å². The first-order valence-electron chi connectivity index (χ1n) is 7.36. The van der Waals surface area contributed by atoms with Crippen molar-refractivity contribution < 1.29 is 9.90 Å². The fourth-order valence-corrected chi connectivity index (χ4v) is 4.25. The summed E-state index contributed by atoms with van der Waals surface area (Å²) in [6.45, 7) is 0.357. The van der Waals surface area contributed by atoms with Crippen LogP contribution in [0.25, 0.3) is 0 Å². The van der Waals surface area contributed by atoms with Gasteiger partial charge in [-0.2, -0.15) is 11.8 Å². The van der Waals surface area contributed by atoms with Crippen molar-refractivity contribution in [3.63, 3.8) is 0 Å². The third-order valence-electron chi connectivity index (χ3n) is 4.27. The van der Waals surface area contributed by atoms with Gasteiger partial charge in [-0.05, 0) is 61.1 Å². The third kappa shape index (κ3) is 3.01. The van der Waals surface area contributed by atoms with Gasteiger partial charge < -0.3 is 10.4 Å². The fraction of sp³-hybridized carbons (Fsp3) is 0.562. The molecule has 1 heterocycles. The number of benzene rings is 1. The molecule has 20 heavy (non-hydrogen) atoms. The third-order valence-corrected chi connectivity index (χ3v) is 5.51. The first-order chi connectivity index (χ1) is 9.66. The number of rotatable bonds is 3. The molecule has 3 nitrogen and oxygen atoms in total. The van der Waals surface area contributed by atoms with Gasteiger partial charge >= 0.3 is 0 Å². The van der Waals surface area contributed by atoms with E-state index in [0.717, 1.165) is 36.3 Å². The molecule has 0 spiro atoms. The summed E-state index contributed by atoms with van der Waals surface area (Å²) >= 11 is 1.75. The van der Waals surface area contributed by atoms with E-state index in [9.17, 15) is 9.90 Å². The van der Waals surface area contributed by atoms with Crippen LogP contribution in [0, 0.1) is 0 Å². The zero-order valence-electron chi connectivity index (χ0n) is 11.7. The number of thioether (sulfide) groups is 1. The Labute approximate surface area is 124 Å². The lowest BCUT2D eigenvalue weighted by atomic mass is 9.90. The number of carbonyl (C=O) groups is 1.